The SMILES string of the molecule is O=C(O)c1nccnc1NC1CCN(C2CC2)C1. The molecule has 0 bridgehead atoms. The average molecular weight is 248 g/mol. The standard InChI is InChI=1S/C12H16N4O2/c17-12(18)10-11(14-5-4-13-10)15-8-3-6-16(7-8)9-1-2-9/h4-5,8-9H,1-3,6-7H2,(H,14,15)(H,17,18). The Balaban J connectivity index is 1.67. The van der Waals surface area contributed by atoms with Crippen LogP contribution in [0.1, 0.15) is 29.8 Å². The molecule has 1 unspecified atom stereocenters. The molecule has 0 radical (unpaired) electrons. The molecule has 0 spiro atoms. The Morgan fingerprint density at radius 2 is 2.11 bits per heavy atom. The fourth-order valence-electron chi connectivity index (χ4n) is 2.47. The van der Waals surface area contributed by atoms with Crippen molar-refractivity contribution in [2.45, 2.75) is 31.3 Å². The van der Waals surface area contributed by atoms with Gasteiger partial charge < -0.3 is 10.4 Å². The molecule has 1 aromatic rings. The lowest BCUT2D eigenvalue weighted by Gasteiger charge is -2.16. The molecule has 1 saturated heterocycles. The van der Waals surface area contributed by atoms with Crippen LogP contribution in [0, 0.1) is 0 Å². The maximum atomic E-state index is 11.0. The van der Waals surface area contributed by atoms with E-state index in [0.717, 1.165) is 25.6 Å². The van der Waals surface area contributed by atoms with Gasteiger partial charge >= 0.3 is 5.97 Å². The number of likely N-dealkylation sites (tertiary alicyclic amines) is 1. The lowest BCUT2D eigenvalue weighted by atomic mass is 10.2. The maximum absolute atomic E-state index is 11.0. The summed E-state index contributed by atoms with van der Waals surface area (Å²) in [6.45, 7) is 2.06. The van der Waals surface area contributed by atoms with E-state index in [1.807, 2.05) is 0 Å². The molecular weight excluding hydrogens is 232 g/mol. The summed E-state index contributed by atoms with van der Waals surface area (Å²) in [7, 11) is 0. The van der Waals surface area contributed by atoms with Gasteiger partial charge in [0.25, 0.3) is 0 Å². The molecule has 1 aliphatic heterocycles. The number of aromatic nitrogens is 2. The van der Waals surface area contributed by atoms with Gasteiger partial charge in [-0.15, -0.1) is 0 Å². The molecule has 6 heteroatoms. The molecule has 1 aliphatic carbocycles. The first kappa shape index (κ1) is 11.4. The number of nitrogens with zero attached hydrogens (tertiary/aromatic N) is 3. The van der Waals surface area contributed by atoms with Gasteiger partial charge in [-0.1, -0.05) is 0 Å². The fourth-order valence-corrected chi connectivity index (χ4v) is 2.47. The number of carbonyl (C=O) groups is 1. The highest BCUT2D eigenvalue weighted by Crippen LogP contribution is 2.30. The van der Waals surface area contributed by atoms with Crippen molar-refractivity contribution >= 4 is 11.8 Å². The van der Waals surface area contributed by atoms with Crippen molar-refractivity contribution in [2.75, 3.05) is 18.4 Å². The number of hydrogen-bond donors (Lipinski definition) is 2. The number of anilines is 1. The summed E-state index contributed by atoms with van der Waals surface area (Å²) in [6.07, 6.45) is 6.56. The van der Waals surface area contributed by atoms with Crippen LogP contribution in [0.15, 0.2) is 12.4 Å². The second-order valence-electron chi connectivity index (χ2n) is 4.91. The van der Waals surface area contributed by atoms with Crippen LogP contribution >= 0.6 is 0 Å². The predicted octanol–water partition coefficient (Wildman–Crippen LogP) is 0.823. The monoisotopic (exact) mass is 248 g/mol. The normalized spacial score (nSPS) is 24.1. The van der Waals surface area contributed by atoms with Crippen molar-refractivity contribution in [3.05, 3.63) is 18.1 Å². The molecular formula is C12H16N4O2. The zero-order valence-electron chi connectivity index (χ0n) is 10.0. The van der Waals surface area contributed by atoms with Crippen LogP contribution in [-0.2, 0) is 0 Å². The number of aromatic carboxylic acids is 1. The molecule has 3 rings (SSSR count). The summed E-state index contributed by atoms with van der Waals surface area (Å²) in [4.78, 5) is 21.4. The zero-order valence-corrected chi connectivity index (χ0v) is 10.0. The van der Waals surface area contributed by atoms with Gasteiger partial charge in [-0.25, -0.2) is 14.8 Å². The molecule has 2 N–H and O–H groups in total. The average Bonchev–Trinajstić information content (AvgIpc) is 3.11. The van der Waals surface area contributed by atoms with Gasteiger partial charge in [-0.3, -0.25) is 4.90 Å². The van der Waals surface area contributed by atoms with E-state index < -0.39 is 5.97 Å². The van der Waals surface area contributed by atoms with E-state index in [0.29, 0.717) is 5.82 Å². The van der Waals surface area contributed by atoms with Crippen LogP contribution in [-0.4, -0.2) is 51.1 Å². The maximum Gasteiger partial charge on any atom is 0.358 e. The van der Waals surface area contributed by atoms with E-state index in [2.05, 4.69) is 20.2 Å². The van der Waals surface area contributed by atoms with Crippen molar-refractivity contribution in [1.29, 1.82) is 0 Å². The molecule has 1 atom stereocenters. The number of rotatable bonds is 4. The van der Waals surface area contributed by atoms with E-state index in [1.54, 1.807) is 0 Å². The van der Waals surface area contributed by atoms with Crippen LogP contribution in [0.4, 0.5) is 5.82 Å². The first-order chi connectivity index (χ1) is 8.74. The molecule has 1 saturated carbocycles. The van der Waals surface area contributed by atoms with Crippen molar-refractivity contribution in [3.8, 4) is 0 Å². The Hall–Kier alpha value is -1.69. The fraction of sp³-hybridized carbons (Fsp3) is 0.583. The van der Waals surface area contributed by atoms with Crippen LogP contribution in [0.5, 0.6) is 0 Å². The van der Waals surface area contributed by atoms with E-state index in [1.165, 1.54) is 25.2 Å². The zero-order chi connectivity index (χ0) is 12.5. The first-order valence-electron chi connectivity index (χ1n) is 6.29. The number of nitrogens with one attached hydrogen (secondary N) is 1. The van der Waals surface area contributed by atoms with Crippen LogP contribution < -0.4 is 5.32 Å². The van der Waals surface area contributed by atoms with Crippen LogP contribution in [0.2, 0.25) is 0 Å². The highest BCUT2D eigenvalue weighted by atomic mass is 16.4. The van der Waals surface area contributed by atoms with E-state index in [-0.39, 0.29) is 11.7 Å². The largest absolute Gasteiger partial charge is 0.476 e. The molecule has 18 heavy (non-hydrogen) atoms. The minimum absolute atomic E-state index is 0.00220. The Bertz CT molecular complexity index is 461. The van der Waals surface area contributed by atoms with Crippen molar-refractivity contribution in [2.24, 2.45) is 0 Å². The second kappa shape index (κ2) is 4.53. The van der Waals surface area contributed by atoms with E-state index in [4.69, 9.17) is 5.11 Å². The predicted molar refractivity (Wildman–Crippen MR) is 65.6 cm³/mol. The van der Waals surface area contributed by atoms with Crippen molar-refractivity contribution < 1.29 is 9.90 Å². The molecule has 0 aromatic carbocycles. The topological polar surface area (TPSA) is 78.3 Å². The Morgan fingerprint density at radius 3 is 2.83 bits per heavy atom. The van der Waals surface area contributed by atoms with Gasteiger partial charge in [-0.05, 0) is 19.3 Å². The van der Waals surface area contributed by atoms with E-state index in [9.17, 15) is 4.79 Å². The van der Waals surface area contributed by atoms with E-state index >= 15 is 0 Å². The first-order valence-corrected chi connectivity index (χ1v) is 6.29. The Labute approximate surface area is 105 Å². The minimum atomic E-state index is -1.04. The highest BCUT2D eigenvalue weighted by Gasteiger charge is 2.34. The van der Waals surface area contributed by atoms with Gasteiger partial charge in [0.05, 0.1) is 0 Å². The summed E-state index contributed by atoms with van der Waals surface area (Å²) in [5, 5.41) is 12.2. The third kappa shape index (κ3) is 2.28. The minimum Gasteiger partial charge on any atom is -0.476 e. The summed E-state index contributed by atoms with van der Waals surface area (Å²) >= 11 is 0. The summed E-state index contributed by atoms with van der Waals surface area (Å²) < 4.78 is 0. The molecule has 2 heterocycles. The van der Waals surface area contributed by atoms with Crippen molar-refractivity contribution in [3.63, 3.8) is 0 Å². The number of hydrogen-bond acceptors (Lipinski definition) is 5. The number of carboxylic acids is 1. The summed E-state index contributed by atoms with van der Waals surface area (Å²) in [5.74, 6) is -0.657. The third-order valence-corrected chi connectivity index (χ3v) is 3.52. The molecule has 2 fully saturated rings. The second-order valence-corrected chi connectivity index (χ2v) is 4.91. The third-order valence-electron chi connectivity index (χ3n) is 3.52. The summed E-state index contributed by atoms with van der Waals surface area (Å²) in [6, 6.07) is 1.04. The Morgan fingerprint density at radius 1 is 1.33 bits per heavy atom. The smallest absolute Gasteiger partial charge is 0.358 e. The molecule has 96 valence electrons. The highest BCUT2D eigenvalue weighted by molar-refractivity contribution is 5.90. The van der Waals surface area contributed by atoms with Crippen LogP contribution in [0.3, 0.4) is 0 Å². The van der Waals surface area contributed by atoms with Gasteiger partial charge in [0.1, 0.15) is 0 Å². The van der Waals surface area contributed by atoms with Crippen LogP contribution in [0.25, 0.3) is 0 Å². The number of carboxylic acid groups (broad SMARTS) is 1. The van der Waals surface area contributed by atoms with Gasteiger partial charge in [-0.2, -0.15) is 0 Å². The molecule has 0 amide bonds. The van der Waals surface area contributed by atoms with Gasteiger partial charge in [0.15, 0.2) is 11.5 Å². The quantitative estimate of drug-likeness (QED) is 0.821. The summed E-state index contributed by atoms with van der Waals surface area (Å²) in [5.41, 5.74) is 0.00220. The van der Waals surface area contributed by atoms with Crippen molar-refractivity contribution in [1.82, 2.24) is 14.9 Å². The van der Waals surface area contributed by atoms with Gasteiger partial charge in [0.2, 0.25) is 0 Å². The van der Waals surface area contributed by atoms with Gasteiger partial charge in [0, 0.05) is 37.6 Å². The Kier molecular flexibility index (Phi) is 2.87. The molecule has 6 nitrogen and oxygen atoms in total. The lowest BCUT2D eigenvalue weighted by molar-refractivity contribution is 0.0691. The molecule has 2 aliphatic rings. The molecule has 1 aromatic heterocycles. The lowest BCUT2D eigenvalue weighted by Crippen LogP contribution is -2.28.